The number of hydrogen-bond donors (Lipinski definition) is 0. The Hall–Kier alpha value is -1.72. The van der Waals surface area contributed by atoms with E-state index < -0.39 is 0 Å². The average Bonchev–Trinajstić information content (AvgIpc) is 2.64. The average molecular weight is 330 g/mol. The van der Waals surface area contributed by atoms with Crippen LogP contribution in [0.1, 0.15) is 11.1 Å². The van der Waals surface area contributed by atoms with Gasteiger partial charge in [-0.1, -0.05) is 60.7 Å². The topological polar surface area (TPSA) is 36.9 Å². The fourth-order valence-electron chi connectivity index (χ4n) is 2.09. The molecule has 2 aromatic rings. The van der Waals surface area contributed by atoms with Crippen LogP contribution in [-0.4, -0.2) is 39.6 Å². The summed E-state index contributed by atoms with van der Waals surface area (Å²) in [5, 5.41) is 0. The Balaban J connectivity index is 1.32. The fourth-order valence-corrected chi connectivity index (χ4v) is 2.09. The molecule has 4 nitrogen and oxygen atoms in total. The lowest BCUT2D eigenvalue weighted by Gasteiger charge is -2.07. The largest absolute Gasteiger partial charge is 0.377 e. The zero-order valence-electron chi connectivity index (χ0n) is 14.1. The van der Waals surface area contributed by atoms with Crippen LogP contribution in [0.2, 0.25) is 0 Å². The van der Waals surface area contributed by atoms with Crippen molar-refractivity contribution < 1.29 is 18.9 Å². The lowest BCUT2D eigenvalue weighted by Crippen LogP contribution is -2.11. The zero-order valence-corrected chi connectivity index (χ0v) is 14.1. The highest BCUT2D eigenvalue weighted by Gasteiger charge is 1.95. The first-order chi connectivity index (χ1) is 11.9. The smallest absolute Gasteiger partial charge is 0.0718 e. The molecule has 0 N–H and O–H groups in total. The van der Waals surface area contributed by atoms with E-state index in [2.05, 4.69) is 24.3 Å². The van der Waals surface area contributed by atoms with Gasteiger partial charge in [-0.3, -0.25) is 0 Å². The normalized spacial score (nSPS) is 10.8. The Labute approximate surface area is 144 Å². The number of rotatable bonds is 13. The molecule has 130 valence electrons. The van der Waals surface area contributed by atoms with Crippen LogP contribution in [0.25, 0.3) is 0 Å². The molecule has 0 unspecified atom stereocenters. The molecule has 2 rings (SSSR count). The maximum absolute atomic E-state index is 5.54. The molecule has 0 fully saturated rings. The van der Waals surface area contributed by atoms with E-state index in [-0.39, 0.29) is 0 Å². The first-order valence-corrected chi connectivity index (χ1v) is 8.34. The summed E-state index contributed by atoms with van der Waals surface area (Å²) in [6.45, 7) is 4.76. The first-order valence-electron chi connectivity index (χ1n) is 8.34. The van der Waals surface area contributed by atoms with Gasteiger partial charge in [0.05, 0.1) is 52.9 Å². The summed E-state index contributed by atoms with van der Waals surface area (Å²) < 4.78 is 22.0. The molecule has 0 atom stereocenters. The predicted octanol–water partition coefficient (Wildman–Crippen LogP) is 3.45. The molecule has 4 heteroatoms. The van der Waals surface area contributed by atoms with Crippen LogP contribution >= 0.6 is 0 Å². The van der Waals surface area contributed by atoms with Crippen molar-refractivity contribution in [3.05, 3.63) is 71.8 Å². The summed E-state index contributed by atoms with van der Waals surface area (Å²) in [7, 11) is 0. The van der Waals surface area contributed by atoms with Crippen molar-refractivity contribution in [2.75, 3.05) is 39.6 Å². The molecule has 2 aromatic carbocycles. The monoisotopic (exact) mass is 330 g/mol. The van der Waals surface area contributed by atoms with Gasteiger partial charge >= 0.3 is 0 Å². The van der Waals surface area contributed by atoms with Gasteiger partial charge in [-0.05, 0) is 11.1 Å². The summed E-state index contributed by atoms with van der Waals surface area (Å²) in [5.74, 6) is 0. The molecule has 0 bridgehead atoms. The summed E-state index contributed by atoms with van der Waals surface area (Å²) in [6.07, 6.45) is 0. The van der Waals surface area contributed by atoms with Gasteiger partial charge in [0, 0.05) is 0 Å². The van der Waals surface area contributed by atoms with Crippen LogP contribution in [0.5, 0.6) is 0 Å². The van der Waals surface area contributed by atoms with Crippen molar-refractivity contribution in [1.82, 2.24) is 0 Å². The van der Waals surface area contributed by atoms with Crippen molar-refractivity contribution >= 4 is 0 Å². The molecule has 0 aliphatic rings. The molecular formula is C20H26O4. The molecule has 0 aliphatic carbocycles. The van der Waals surface area contributed by atoms with Crippen LogP contribution in [0.3, 0.4) is 0 Å². The van der Waals surface area contributed by atoms with Gasteiger partial charge in [0.2, 0.25) is 0 Å². The lowest BCUT2D eigenvalue weighted by molar-refractivity contribution is -0.00618. The van der Waals surface area contributed by atoms with Gasteiger partial charge in [-0.15, -0.1) is 0 Å². The molecule has 0 aliphatic heterocycles. The van der Waals surface area contributed by atoms with E-state index in [1.54, 1.807) is 0 Å². The second kappa shape index (κ2) is 12.7. The minimum atomic E-state index is 0.577. The van der Waals surface area contributed by atoms with E-state index in [1.807, 2.05) is 36.4 Å². The van der Waals surface area contributed by atoms with E-state index in [0.717, 1.165) is 0 Å². The Bertz CT molecular complexity index is 466. The third kappa shape index (κ3) is 8.79. The minimum absolute atomic E-state index is 0.577. The van der Waals surface area contributed by atoms with E-state index in [1.165, 1.54) is 11.1 Å². The maximum Gasteiger partial charge on any atom is 0.0718 e. The van der Waals surface area contributed by atoms with Crippen molar-refractivity contribution in [2.45, 2.75) is 13.2 Å². The quantitative estimate of drug-likeness (QED) is 0.527. The van der Waals surface area contributed by atoms with Gasteiger partial charge in [0.25, 0.3) is 0 Å². The van der Waals surface area contributed by atoms with Gasteiger partial charge in [-0.2, -0.15) is 0 Å². The number of hydrogen-bond acceptors (Lipinski definition) is 4. The van der Waals surface area contributed by atoms with Crippen LogP contribution < -0.4 is 0 Å². The van der Waals surface area contributed by atoms with Crippen molar-refractivity contribution in [1.29, 1.82) is 0 Å². The summed E-state index contributed by atoms with van der Waals surface area (Å²) in [4.78, 5) is 0. The van der Waals surface area contributed by atoms with Gasteiger partial charge < -0.3 is 18.9 Å². The highest BCUT2D eigenvalue weighted by atomic mass is 16.6. The SMILES string of the molecule is c1ccc(COCCOCCOCCOCc2ccccc2)cc1. The molecule has 0 spiro atoms. The molecule has 0 aromatic heterocycles. The third-order valence-corrected chi connectivity index (χ3v) is 3.34. The number of ether oxygens (including phenoxy) is 4. The Kier molecular flexibility index (Phi) is 9.83. The molecule has 0 heterocycles. The molecular weight excluding hydrogens is 304 g/mol. The van der Waals surface area contributed by atoms with E-state index in [4.69, 9.17) is 18.9 Å². The van der Waals surface area contributed by atoms with Crippen molar-refractivity contribution in [2.24, 2.45) is 0 Å². The molecule has 0 saturated carbocycles. The van der Waals surface area contributed by atoms with Crippen molar-refractivity contribution in [3.63, 3.8) is 0 Å². The molecule has 24 heavy (non-hydrogen) atoms. The van der Waals surface area contributed by atoms with Crippen LogP contribution in [0.15, 0.2) is 60.7 Å². The third-order valence-electron chi connectivity index (χ3n) is 3.34. The van der Waals surface area contributed by atoms with E-state index in [0.29, 0.717) is 52.9 Å². The van der Waals surface area contributed by atoms with Crippen molar-refractivity contribution in [3.8, 4) is 0 Å². The Morgan fingerprint density at radius 2 is 0.750 bits per heavy atom. The van der Waals surface area contributed by atoms with Crippen LogP contribution in [0.4, 0.5) is 0 Å². The summed E-state index contributed by atoms with van der Waals surface area (Å²) >= 11 is 0. The van der Waals surface area contributed by atoms with E-state index in [9.17, 15) is 0 Å². The van der Waals surface area contributed by atoms with Crippen LogP contribution in [-0.2, 0) is 32.2 Å². The molecule has 0 radical (unpaired) electrons. The number of benzene rings is 2. The second-order valence-electron chi connectivity index (χ2n) is 5.30. The summed E-state index contributed by atoms with van der Waals surface area (Å²) in [5.41, 5.74) is 2.35. The molecule has 0 saturated heterocycles. The minimum Gasteiger partial charge on any atom is -0.377 e. The Morgan fingerprint density at radius 3 is 1.12 bits per heavy atom. The highest BCUT2D eigenvalue weighted by molar-refractivity contribution is 5.14. The van der Waals surface area contributed by atoms with Gasteiger partial charge in [0.1, 0.15) is 0 Å². The molecule has 0 amide bonds. The predicted molar refractivity (Wildman–Crippen MR) is 93.8 cm³/mol. The van der Waals surface area contributed by atoms with Crippen LogP contribution in [0, 0.1) is 0 Å². The first kappa shape index (κ1) is 18.6. The fraction of sp³-hybridized carbons (Fsp3) is 0.400. The highest BCUT2D eigenvalue weighted by Crippen LogP contribution is 2.01. The Morgan fingerprint density at radius 1 is 0.417 bits per heavy atom. The summed E-state index contributed by atoms with van der Waals surface area (Å²) in [6, 6.07) is 20.2. The van der Waals surface area contributed by atoms with E-state index >= 15 is 0 Å². The second-order valence-corrected chi connectivity index (χ2v) is 5.30. The standard InChI is InChI=1S/C20H26O4/c1-3-7-19(8-4-1)17-23-15-13-21-11-12-22-14-16-24-18-20-9-5-2-6-10-20/h1-10H,11-18H2. The maximum atomic E-state index is 5.54. The lowest BCUT2D eigenvalue weighted by atomic mass is 10.2. The van der Waals surface area contributed by atoms with Gasteiger partial charge in [0.15, 0.2) is 0 Å². The zero-order chi connectivity index (χ0) is 16.7. The van der Waals surface area contributed by atoms with Gasteiger partial charge in [-0.25, -0.2) is 0 Å².